The number of rotatable bonds is 9. The maximum Gasteiger partial charge on any atom is 0.262 e. The van der Waals surface area contributed by atoms with Crippen LogP contribution in [0.3, 0.4) is 0 Å². The van der Waals surface area contributed by atoms with Crippen molar-refractivity contribution in [1.29, 1.82) is 5.26 Å². The fraction of sp³-hybridized carbons (Fsp3) is 0.333. The topological polar surface area (TPSA) is 118 Å². The number of aromatic amines is 1. The van der Waals surface area contributed by atoms with Crippen LogP contribution < -0.4 is 10.1 Å². The molecular formula is C24H28N6O3. The molecule has 33 heavy (non-hydrogen) atoms. The van der Waals surface area contributed by atoms with E-state index in [1.807, 2.05) is 50.2 Å². The lowest BCUT2D eigenvalue weighted by Crippen LogP contribution is -2.24. The monoisotopic (exact) mass is 448 g/mol. The third kappa shape index (κ3) is 5.48. The Labute approximate surface area is 193 Å². The molecule has 0 saturated heterocycles. The SMILES string of the molecule is COCC(C)n1c(C)cc(/C=C(\C#N)C(=O)NCc2nc(-c3ccc(OC)cc3)n[nH]2)c1C. The van der Waals surface area contributed by atoms with Gasteiger partial charge in [0.25, 0.3) is 5.91 Å². The van der Waals surface area contributed by atoms with Gasteiger partial charge in [-0.05, 0) is 62.7 Å². The molecule has 1 amide bonds. The Morgan fingerprint density at radius 3 is 2.67 bits per heavy atom. The average molecular weight is 449 g/mol. The van der Waals surface area contributed by atoms with E-state index in [1.54, 1.807) is 20.3 Å². The molecule has 0 aliphatic carbocycles. The van der Waals surface area contributed by atoms with Crippen molar-refractivity contribution < 1.29 is 14.3 Å². The van der Waals surface area contributed by atoms with Crippen LogP contribution in [0.4, 0.5) is 0 Å². The van der Waals surface area contributed by atoms with Crippen LogP contribution in [0.1, 0.15) is 35.7 Å². The first-order valence-corrected chi connectivity index (χ1v) is 10.5. The van der Waals surface area contributed by atoms with E-state index in [1.165, 1.54) is 0 Å². The minimum absolute atomic E-state index is 0.0181. The zero-order chi connectivity index (χ0) is 24.0. The first kappa shape index (κ1) is 23.8. The highest BCUT2D eigenvalue weighted by atomic mass is 16.5. The van der Waals surface area contributed by atoms with Gasteiger partial charge in [0, 0.05) is 24.1 Å². The molecule has 0 saturated carbocycles. The number of nitrogens with zero attached hydrogens (tertiary/aromatic N) is 4. The minimum atomic E-state index is -0.477. The van der Waals surface area contributed by atoms with Gasteiger partial charge in [-0.1, -0.05) is 0 Å². The molecule has 1 aromatic carbocycles. The number of nitriles is 1. The highest BCUT2D eigenvalue weighted by Crippen LogP contribution is 2.23. The van der Waals surface area contributed by atoms with Crippen LogP contribution in [0.25, 0.3) is 17.5 Å². The van der Waals surface area contributed by atoms with E-state index >= 15 is 0 Å². The molecule has 0 aliphatic heterocycles. The third-order valence-electron chi connectivity index (χ3n) is 5.33. The largest absolute Gasteiger partial charge is 0.497 e. The first-order valence-electron chi connectivity index (χ1n) is 10.5. The van der Waals surface area contributed by atoms with Gasteiger partial charge < -0.3 is 19.4 Å². The number of amides is 1. The van der Waals surface area contributed by atoms with Gasteiger partial charge in [0.15, 0.2) is 5.82 Å². The Kier molecular flexibility index (Phi) is 7.64. The highest BCUT2D eigenvalue weighted by Gasteiger charge is 2.16. The van der Waals surface area contributed by atoms with Gasteiger partial charge in [-0.3, -0.25) is 9.89 Å². The van der Waals surface area contributed by atoms with Crippen molar-refractivity contribution in [2.75, 3.05) is 20.8 Å². The Bertz CT molecular complexity index is 1180. The molecule has 0 aliphatic rings. The lowest BCUT2D eigenvalue weighted by Gasteiger charge is -2.17. The number of nitrogens with one attached hydrogen (secondary N) is 2. The number of hydrogen-bond donors (Lipinski definition) is 2. The van der Waals surface area contributed by atoms with Gasteiger partial charge in [-0.15, -0.1) is 0 Å². The lowest BCUT2D eigenvalue weighted by molar-refractivity contribution is -0.117. The second kappa shape index (κ2) is 10.6. The quantitative estimate of drug-likeness (QED) is 0.383. The number of ether oxygens (including phenoxy) is 2. The Balaban J connectivity index is 1.70. The smallest absolute Gasteiger partial charge is 0.262 e. The number of benzene rings is 1. The van der Waals surface area contributed by atoms with E-state index in [9.17, 15) is 10.1 Å². The number of aromatic nitrogens is 4. The minimum Gasteiger partial charge on any atom is -0.497 e. The molecule has 9 nitrogen and oxygen atoms in total. The number of methoxy groups -OCH3 is 2. The van der Waals surface area contributed by atoms with E-state index in [-0.39, 0.29) is 18.2 Å². The fourth-order valence-electron chi connectivity index (χ4n) is 3.75. The maximum atomic E-state index is 12.6. The van der Waals surface area contributed by atoms with E-state index < -0.39 is 5.91 Å². The molecule has 3 rings (SSSR count). The van der Waals surface area contributed by atoms with Crippen LogP contribution in [0.15, 0.2) is 35.9 Å². The predicted molar refractivity (Wildman–Crippen MR) is 124 cm³/mol. The maximum absolute atomic E-state index is 12.6. The first-order chi connectivity index (χ1) is 15.9. The molecule has 0 fully saturated rings. The standard InChI is InChI=1S/C24H28N6O3/c1-15-10-19(17(3)30(15)16(2)14-32-4)11-20(12-25)24(31)26-13-22-27-23(29-28-22)18-6-8-21(33-5)9-7-18/h6-11,16H,13-14H2,1-5H3,(H,26,31)(H,27,28,29)/b20-11+. The summed E-state index contributed by atoms with van der Waals surface area (Å²) in [6.45, 7) is 6.71. The van der Waals surface area contributed by atoms with Gasteiger partial charge in [0.05, 0.1) is 26.3 Å². The summed E-state index contributed by atoms with van der Waals surface area (Å²) in [5.41, 5.74) is 3.67. The van der Waals surface area contributed by atoms with E-state index in [4.69, 9.17) is 9.47 Å². The fourth-order valence-corrected chi connectivity index (χ4v) is 3.75. The normalized spacial score (nSPS) is 12.3. The van der Waals surface area contributed by atoms with Crippen molar-refractivity contribution in [2.24, 2.45) is 0 Å². The number of aryl methyl sites for hydroxylation is 1. The molecular weight excluding hydrogens is 420 g/mol. The van der Waals surface area contributed by atoms with Crippen LogP contribution in [-0.4, -0.2) is 46.5 Å². The highest BCUT2D eigenvalue weighted by molar-refractivity contribution is 6.01. The summed E-state index contributed by atoms with van der Waals surface area (Å²) in [5, 5.41) is 19.3. The summed E-state index contributed by atoms with van der Waals surface area (Å²) in [4.78, 5) is 17.0. The molecule has 2 aromatic heterocycles. The Hall–Kier alpha value is -3.90. The van der Waals surface area contributed by atoms with Crippen LogP contribution in [-0.2, 0) is 16.1 Å². The summed E-state index contributed by atoms with van der Waals surface area (Å²) in [5.74, 6) is 1.26. The summed E-state index contributed by atoms with van der Waals surface area (Å²) >= 11 is 0. The molecule has 1 atom stereocenters. The van der Waals surface area contributed by atoms with Crippen molar-refractivity contribution in [3.05, 3.63) is 58.7 Å². The van der Waals surface area contributed by atoms with Gasteiger partial charge in [0.1, 0.15) is 23.2 Å². The van der Waals surface area contributed by atoms with E-state index in [2.05, 4.69) is 32.0 Å². The summed E-state index contributed by atoms with van der Waals surface area (Å²) < 4.78 is 12.5. The van der Waals surface area contributed by atoms with Crippen LogP contribution >= 0.6 is 0 Å². The van der Waals surface area contributed by atoms with E-state index in [0.717, 1.165) is 28.3 Å². The van der Waals surface area contributed by atoms with Crippen molar-refractivity contribution in [3.8, 4) is 23.2 Å². The summed E-state index contributed by atoms with van der Waals surface area (Å²) in [7, 11) is 3.27. The lowest BCUT2D eigenvalue weighted by atomic mass is 10.1. The van der Waals surface area contributed by atoms with Crippen LogP contribution in [0.2, 0.25) is 0 Å². The van der Waals surface area contributed by atoms with Gasteiger partial charge in [0.2, 0.25) is 0 Å². The zero-order valence-corrected chi connectivity index (χ0v) is 19.5. The Morgan fingerprint density at radius 1 is 1.30 bits per heavy atom. The number of carbonyl (C=O) groups excluding carboxylic acids is 1. The van der Waals surface area contributed by atoms with Crippen LogP contribution in [0.5, 0.6) is 5.75 Å². The van der Waals surface area contributed by atoms with E-state index in [0.29, 0.717) is 18.3 Å². The molecule has 2 heterocycles. The van der Waals surface area contributed by atoms with Crippen molar-refractivity contribution >= 4 is 12.0 Å². The Morgan fingerprint density at radius 2 is 2.03 bits per heavy atom. The van der Waals surface area contributed by atoms with Crippen LogP contribution in [0, 0.1) is 25.2 Å². The molecule has 9 heteroatoms. The van der Waals surface area contributed by atoms with Gasteiger partial charge >= 0.3 is 0 Å². The summed E-state index contributed by atoms with van der Waals surface area (Å²) in [6, 6.07) is 11.5. The van der Waals surface area contributed by atoms with Gasteiger partial charge in [-0.25, -0.2) is 4.98 Å². The van der Waals surface area contributed by atoms with Crippen molar-refractivity contribution in [3.63, 3.8) is 0 Å². The second-order valence-corrected chi connectivity index (χ2v) is 7.69. The molecule has 172 valence electrons. The van der Waals surface area contributed by atoms with Crippen molar-refractivity contribution in [2.45, 2.75) is 33.4 Å². The molecule has 0 bridgehead atoms. The molecule has 3 aromatic rings. The number of H-pyrrole nitrogens is 1. The van der Waals surface area contributed by atoms with Crippen molar-refractivity contribution in [1.82, 2.24) is 25.1 Å². The molecule has 2 N–H and O–H groups in total. The molecule has 0 radical (unpaired) electrons. The number of carbonyl (C=O) groups is 1. The molecule has 0 spiro atoms. The summed E-state index contributed by atoms with van der Waals surface area (Å²) in [6.07, 6.45) is 1.61. The second-order valence-electron chi connectivity index (χ2n) is 7.69. The molecule has 1 unspecified atom stereocenters. The average Bonchev–Trinajstić information content (AvgIpc) is 3.40. The predicted octanol–water partition coefficient (Wildman–Crippen LogP) is 3.33. The van der Waals surface area contributed by atoms with Gasteiger partial charge in [-0.2, -0.15) is 10.4 Å². The third-order valence-corrected chi connectivity index (χ3v) is 5.33. The number of hydrogen-bond acceptors (Lipinski definition) is 6. The zero-order valence-electron chi connectivity index (χ0n) is 19.5.